The van der Waals surface area contributed by atoms with Crippen LogP contribution in [0.2, 0.25) is 0 Å². The lowest BCUT2D eigenvalue weighted by atomic mass is 9.87. The first-order chi connectivity index (χ1) is 26.8. The van der Waals surface area contributed by atoms with Crippen molar-refractivity contribution < 1.29 is 67.8 Å². The molecule has 1 fully saturated rings. The average Bonchev–Trinajstić information content (AvgIpc) is 3.15. The summed E-state index contributed by atoms with van der Waals surface area (Å²) in [7, 11) is -4.69. The van der Waals surface area contributed by atoms with Gasteiger partial charge in [-0.05, 0) is 38.0 Å². The van der Waals surface area contributed by atoms with E-state index in [4.69, 9.17) is 23.8 Å². The topological polar surface area (TPSA) is 219 Å². The number of unbranched alkanes of at least 4 members (excludes halogenated alkanes) is 11. The third-order valence-electron chi connectivity index (χ3n) is 9.58. The molecule has 6 N–H and O–H groups in total. The molecular weight excluding hydrogens is 747 g/mol. The maximum Gasteiger partial charge on any atom is 0.472 e. The van der Waals surface area contributed by atoms with Gasteiger partial charge in [0.2, 0.25) is 0 Å². The lowest BCUT2D eigenvalue weighted by molar-refractivity contribution is -0.199. The van der Waals surface area contributed by atoms with E-state index in [1.54, 1.807) is 12.2 Å². The van der Waals surface area contributed by atoms with Gasteiger partial charge in [0.05, 0.1) is 38.1 Å². The van der Waals surface area contributed by atoms with E-state index in [1.165, 1.54) is 38.5 Å². The summed E-state index contributed by atoms with van der Waals surface area (Å²) < 4.78 is 38.3. The van der Waals surface area contributed by atoms with E-state index in [1.807, 2.05) is 12.2 Å². The molecule has 0 saturated carbocycles. The fraction of sp³-hybridized carbons (Fsp3) is 0.854. The number of phosphoric acid groups is 1. The number of hydrogen-bond acceptors (Lipinski definition) is 13. The van der Waals surface area contributed by atoms with Crippen LogP contribution in [0.25, 0.3) is 0 Å². The number of carbonyl (C=O) groups is 2. The summed E-state index contributed by atoms with van der Waals surface area (Å²) in [5, 5.41) is 49.3. The van der Waals surface area contributed by atoms with E-state index in [-0.39, 0.29) is 25.2 Å². The van der Waals surface area contributed by atoms with Gasteiger partial charge in [0.15, 0.2) is 12.4 Å². The molecule has 0 aromatic carbocycles. The van der Waals surface area contributed by atoms with Gasteiger partial charge in [-0.25, -0.2) is 4.57 Å². The van der Waals surface area contributed by atoms with Crippen LogP contribution in [0.4, 0.5) is 0 Å². The Hall–Kier alpha value is -1.71. The Morgan fingerprint density at radius 2 is 1.45 bits per heavy atom. The van der Waals surface area contributed by atoms with Crippen LogP contribution in [0.1, 0.15) is 149 Å². The highest BCUT2D eigenvalue weighted by Gasteiger charge is 2.35. The predicted octanol–water partition coefficient (Wildman–Crippen LogP) is 6.57. The van der Waals surface area contributed by atoms with Crippen molar-refractivity contribution in [3.05, 3.63) is 24.3 Å². The molecule has 1 rings (SSSR count). The third-order valence-corrected chi connectivity index (χ3v) is 10.5. The van der Waals surface area contributed by atoms with Gasteiger partial charge in [-0.3, -0.25) is 18.6 Å². The molecule has 0 aliphatic carbocycles. The Kier molecular flexibility index (Phi) is 30.1. The molecule has 0 spiro atoms. The molecule has 328 valence electrons. The molecule has 1 aliphatic rings. The van der Waals surface area contributed by atoms with E-state index in [9.17, 15) is 39.5 Å². The summed E-state index contributed by atoms with van der Waals surface area (Å²) >= 11 is 0. The molecule has 2 unspecified atom stereocenters. The molecular formula is C41H75O14P. The number of carbonyl (C=O) groups excluding carboxylic acids is 2. The first-order valence-electron chi connectivity index (χ1n) is 21.0. The molecule has 1 heterocycles. The lowest BCUT2D eigenvalue weighted by Crippen LogP contribution is -2.43. The Labute approximate surface area is 335 Å². The quantitative estimate of drug-likeness (QED) is 0.0175. The number of rotatable bonds is 34. The van der Waals surface area contributed by atoms with Crippen molar-refractivity contribution in [3.63, 3.8) is 0 Å². The minimum absolute atomic E-state index is 0.00858. The van der Waals surface area contributed by atoms with Crippen molar-refractivity contribution in [2.45, 2.75) is 186 Å². The SMILES string of the molecule is CCCCC[C@H](O)/C=C/[C@H]1OC(O)C[C@H](O)[C@@H]1C/C=C\CCCC(=O)O[C@H](COC(=O)CCCCCCCCCCCC(C)C)COP(=O)(O)OC[C@@H](O)CO. The number of esters is 2. The number of allylic oxidation sites excluding steroid dienone is 2. The Balaban J connectivity index is 2.55. The minimum Gasteiger partial charge on any atom is -0.462 e. The van der Waals surface area contributed by atoms with E-state index < -0.39 is 83.0 Å². The van der Waals surface area contributed by atoms with Crippen LogP contribution in [0.15, 0.2) is 24.3 Å². The summed E-state index contributed by atoms with van der Waals surface area (Å²) in [5.41, 5.74) is 0. The first-order valence-corrected chi connectivity index (χ1v) is 22.5. The van der Waals surface area contributed by atoms with Crippen molar-refractivity contribution in [3.8, 4) is 0 Å². The van der Waals surface area contributed by atoms with Gasteiger partial charge in [-0.1, -0.05) is 122 Å². The summed E-state index contributed by atoms with van der Waals surface area (Å²) in [4.78, 5) is 35.1. The molecule has 0 radical (unpaired) electrons. The third kappa shape index (κ3) is 27.8. The van der Waals surface area contributed by atoms with Crippen molar-refractivity contribution in [1.29, 1.82) is 0 Å². The summed E-state index contributed by atoms with van der Waals surface area (Å²) in [6.45, 7) is 4.22. The number of ether oxygens (including phenoxy) is 3. The minimum atomic E-state index is -4.69. The highest BCUT2D eigenvalue weighted by molar-refractivity contribution is 7.47. The molecule has 0 aromatic rings. The second kappa shape index (κ2) is 32.2. The van der Waals surface area contributed by atoms with Crippen molar-refractivity contribution >= 4 is 19.8 Å². The monoisotopic (exact) mass is 822 g/mol. The number of phosphoric ester groups is 1. The van der Waals surface area contributed by atoms with Crippen LogP contribution in [0.5, 0.6) is 0 Å². The van der Waals surface area contributed by atoms with Crippen molar-refractivity contribution in [1.82, 2.24) is 0 Å². The Bertz CT molecular complexity index is 1120. The maximum atomic E-state index is 12.7. The van der Waals surface area contributed by atoms with Gasteiger partial charge in [0.25, 0.3) is 0 Å². The summed E-state index contributed by atoms with van der Waals surface area (Å²) in [5.74, 6) is -0.702. The molecule has 1 aliphatic heterocycles. The van der Waals surface area contributed by atoms with Crippen LogP contribution >= 0.6 is 7.82 Å². The summed E-state index contributed by atoms with van der Waals surface area (Å²) in [6.07, 6.45) is 17.8. The average molecular weight is 823 g/mol. The number of hydrogen-bond donors (Lipinski definition) is 6. The van der Waals surface area contributed by atoms with Gasteiger partial charge < -0.3 is 44.6 Å². The van der Waals surface area contributed by atoms with Gasteiger partial charge >= 0.3 is 19.8 Å². The number of aliphatic hydroxyl groups is 5. The van der Waals surface area contributed by atoms with Crippen LogP contribution in [0.3, 0.4) is 0 Å². The second-order valence-corrected chi connectivity index (χ2v) is 16.8. The molecule has 0 amide bonds. The van der Waals surface area contributed by atoms with Crippen LogP contribution < -0.4 is 0 Å². The highest BCUT2D eigenvalue weighted by atomic mass is 31.2. The standard InChI is InChI=1S/C41H75O14P/c1-4-5-15-21-33(43)25-26-38-36(37(45)27-41(48)55-38)22-17-13-14-19-24-40(47)54-35(31-53-56(49,50)52-29-34(44)28-42)30-51-39(46)23-18-12-10-8-6-7-9-11-16-20-32(2)3/h13,17,25-26,32-38,41-45,48H,4-12,14-16,18-24,27-31H2,1-3H3,(H,49,50)/b17-13-,26-25+/t33-,34-,35+,36-,37-,38+,41?/m0/s1. The highest BCUT2D eigenvalue weighted by Crippen LogP contribution is 2.43. The normalized spacial score (nSPS) is 21.7. The van der Waals surface area contributed by atoms with Gasteiger partial charge in [-0.15, -0.1) is 0 Å². The fourth-order valence-corrected chi connectivity index (χ4v) is 7.01. The first kappa shape index (κ1) is 52.3. The molecule has 8 atom stereocenters. The molecule has 0 bridgehead atoms. The maximum absolute atomic E-state index is 12.7. The van der Waals surface area contributed by atoms with E-state index in [0.717, 1.165) is 44.4 Å². The zero-order valence-electron chi connectivity index (χ0n) is 34.3. The molecule has 14 nitrogen and oxygen atoms in total. The Morgan fingerprint density at radius 3 is 2.11 bits per heavy atom. The Morgan fingerprint density at radius 1 is 0.821 bits per heavy atom. The van der Waals surface area contributed by atoms with E-state index in [2.05, 4.69) is 25.3 Å². The molecule has 15 heteroatoms. The van der Waals surface area contributed by atoms with Crippen LogP contribution in [0, 0.1) is 11.8 Å². The predicted molar refractivity (Wildman–Crippen MR) is 213 cm³/mol. The molecule has 0 aromatic heterocycles. The van der Waals surface area contributed by atoms with E-state index in [0.29, 0.717) is 32.1 Å². The van der Waals surface area contributed by atoms with Crippen LogP contribution in [-0.2, 0) is 37.4 Å². The van der Waals surface area contributed by atoms with Crippen LogP contribution in [-0.4, -0.2) is 106 Å². The van der Waals surface area contributed by atoms with Gasteiger partial charge in [-0.2, -0.15) is 0 Å². The smallest absolute Gasteiger partial charge is 0.462 e. The zero-order valence-corrected chi connectivity index (χ0v) is 35.2. The largest absolute Gasteiger partial charge is 0.472 e. The lowest BCUT2D eigenvalue weighted by Gasteiger charge is -2.36. The fourth-order valence-electron chi connectivity index (χ4n) is 6.22. The van der Waals surface area contributed by atoms with Gasteiger partial charge in [0.1, 0.15) is 12.7 Å². The summed E-state index contributed by atoms with van der Waals surface area (Å²) in [6, 6.07) is 0. The van der Waals surface area contributed by atoms with Gasteiger partial charge in [0, 0.05) is 25.2 Å². The molecule has 1 saturated heterocycles. The van der Waals surface area contributed by atoms with E-state index >= 15 is 0 Å². The number of aliphatic hydroxyl groups excluding tert-OH is 5. The zero-order chi connectivity index (χ0) is 41.6. The molecule has 56 heavy (non-hydrogen) atoms. The second-order valence-electron chi connectivity index (χ2n) is 15.4. The van der Waals surface area contributed by atoms with Crippen molar-refractivity contribution in [2.24, 2.45) is 11.8 Å². The van der Waals surface area contributed by atoms with Crippen molar-refractivity contribution in [2.75, 3.05) is 26.4 Å².